The third kappa shape index (κ3) is 3.01. The zero-order valence-corrected chi connectivity index (χ0v) is 15.6. The Morgan fingerprint density at radius 2 is 1.67 bits per heavy atom. The fourth-order valence-electron chi connectivity index (χ4n) is 4.72. The third-order valence-corrected chi connectivity index (χ3v) is 6.18. The molecular weight excluding hydrogens is 408 g/mol. The van der Waals surface area contributed by atoms with Gasteiger partial charge in [0.1, 0.15) is 11.2 Å². The molecular formula is C20H17BF5NO3. The van der Waals surface area contributed by atoms with Gasteiger partial charge in [-0.2, -0.15) is 0 Å². The lowest BCUT2D eigenvalue weighted by molar-refractivity contribution is -0.123. The van der Waals surface area contributed by atoms with Crippen molar-refractivity contribution in [3.63, 3.8) is 0 Å². The molecule has 30 heavy (non-hydrogen) atoms. The first-order valence-corrected chi connectivity index (χ1v) is 9.42. The van der Waals surface area contributed by atoms with Gasteiger partial charge >= 0.3 is 7.12 Å². The topological polar surface area (TPSA) is 69.6 Å². The lowest BCUT2D eigenvalue weighted by Crippen LogP contribution is -2.46. The maximum atomic E-state index is 14.6. The summed E-state index contributed by atoms with van der Waals surface area (Å²) in [7, 11) is -2.10. The second-order valence-electron chi connectivity index (χ2n) is 7.79. The predicted octanol–water partition coefficient (Wildman–Crippen LogP) is 2.85. The number of carbonyl (C=O) groups excluding carboxylic acids is 1. The Morgan fingerprint density at radius 1 is 1.00 bits per heavy atom. The summed E-state index contributed by atoms with van der Waals surface area (Å²) in [6.45, 7) is 0. The maximum absolute atomic E-state index is 14.6. The van der Waals surface area contributed by atoms with E-state index in [1.165, 1.54) is 12.1 Å². The van der Waals surface area contributed by atoms with Crippen LogP contribution in [0.4, 0.5) is 27.6 Å². The molecule has 1 aliphatic heterocycles. The van der Waals surface area contributed by atoms with Crippen LogP contribution in [0.25, 0.3) is 0 Å². The fourth-order valence-corrected chi connectivity index (χ4v) is 4.72. The van der Waals surface area contributed by atoms with Gasteiger partial charge in [-0.25, -0.2) is 22.0 Å². The summed E-state index contributed by atoms with van der Waals surface area (Å²) in [6.07, 6.45) is -1.18. The van der Waals surface area contributed by atoms with Gasteiger partial charge in [0.05, 0.1) is 5.69 Å². The zero-order chi connectivity index (χ0) is 21.8. The first kappa shape index (κ1) is 20.8. The normalized spacial score (nSPS) is 23.2. The van der Waals surface area contributed by atoms with Gasteiger partial charge in [0, 0.05) is 18.3 Å². The molecule has 3 N–H and O–H groups in total. The Hall–Kier alpha value is -2.46. The first-order chi connectivity index (χ1) is 14.1. The summed E-state index contributed by atoms with van der Waals surface area (Å²) in [4.78, 5) is 13.2. The molecule has 2 aromatic rings. The van der Waals surface area contributed by atoms with Crippen molar-refractivity contribution in [2.24, 2.45) is 5.92 Å². The van der Waals surface area contributed by atoms with E-state index in [2.05, 4.69) is 5.32 Å². The van der Waals surface area contributed by atoms with Crippen LogP contribution in [-0.4, -0.2) is 29.0 Å². The van der Waals surface area contributed by atoms with Crippen LogP contribution in [0.2, 0.25) is 0 Å². The Kier molecular flexibility index (Phi) is 4.89. The van der Waals surface area contributed by atoms with E-state index < -0.39 is 71.7 Å². The van der Waals surface area contributed by atoms with E-state index in [4.69, 9.17) is 0 Å². The average molecular weight is 425 g/mol. The standard InChI is InChI=1S/C20H17BF5NO3/c22-14-4-2-12-17(16(14)24)27-18(28)20(12,10-5-7-19(25,26)8-6-10)11-1-3-13(21(29)30)15(23)9-11/h1-4,9-10,29-30H,5-8H2,(H,27,28). The average Bonchev–Trinajstić information content (AvgIpc) is 2.98. The van der Waals surface area contributed by atoms with E-state index in [0.717, 1.165) is 18.2 Å². The molecule has 2 aliphatic rings. The molecule has 1 unspecified atom stereocenters. The summed E-state index contributed by atoms with van der Waals surface area (Å²) in [5, 5.41) is 20.8. The van der Waals surface area contributed by atoms with Crippen LogP contribution >= 0.6 is 0 Å². The van der Waals surface area contributed by atoms with Crippen LogP contribution in [0.15, 0.2) is 30.3 Å². The Bertz CT molecular complexity index is 1020. The number of rotatable bonds is 3. The van der Waals surface area contributed by atoms with Crippen molar-refractivity contribution < 1.29 is 36.8 Å². The lowest BCUT2D eigenvalue weighted by atomic mass is 9.61. The molecule has 10 heteroatoms. The van der Waals surface area contributed by atoms with E-state index in [-0.39, 0.29) is 24.0 Å². The molecule has 0 radical (unpaired) electrons. The Labute approximate surface area is 168 Å². The van der Waals surface area contributed by atoms with Crippen molar-refractivity contribution in [2.75, 3.05) is 5.32 Å². The third-order valence-electron chi connectivity index (χ3n) is 6.18. The van der Waals surface area contributed by atoms with Gasteiger partial charge in [-0.05, 0) is 42.0 Å². The predicted molar refractivity (Wildman–Crippen MR) is 98.9 cm³/mol. The number of hydrogen-bond acceptors (Lipinski definition) is 3. The minimum absolute atomic E-state index is 0.0401. The van der Waals surface area contributed by atoms with E-state index in [0.29, 0.717) is 0 Å². The number of halogens is 5. The zero-order valence-electron chi connectivity index (χ0n) is 15.6. The molecule has 2 aromatic carbocycles. The van der Waals surface area contributed by atoms with Crippen molar-refractivity contribution in [1.29, 1.82) is 0 Å². The minimum atomic E-state index is -2.90. The molecule has 0 aromatic heterocycles. The van der Waals surface area contributed by atoms with Gasteiger partial charge in [0.15, 0.2) is 11.6 Å². The second-order valence-corrected chi connectivity index (χ2v) is 7.79. The number of amides is 1. The molecule has 1 atom stereocenters. The van der Waals surface area contributed by atoms with Crippen LogP contribution in [0.3, 0.4) is 0 Å². The van der Waals surface area contributed by atoms with Crippen LogP contribution in [0, 0.1) is 23.4 Å². The smallest absolute Gasteiger partial charge is 0.423 e. The van der Waals surface area contributed by atoms with E-state index in [1.807, 2.05) is 0 Å². The number of nitrogens with one attached hydrogen (secondary N) is 1. The van der Waals surface area contributed by atoms with Crippen LogP contribution in [0.1, 0.15) is 36.8 Å². The maximum Gasteiger partial charge on any atom is 0.491 e. The van der Waals surface area contributed by atoms with Gasteiger partial charge in [-0.15, -0.1) is 0 Å². The Morgan fingerprint density at radius 3 is 2.27 bits per heavy atom. The highest BCUT2D eigenvalue weighted by Gasteiger charge is 2.56. The van der Waals surface area contributed by atoms with Crippen molar-refractivity contribution >= 4 is 24.2 Å². The van der Waals surface area contributed by atoms with E-state index in [9.17, 15) is 36.8 Å². The molecule has 1 saturated carbocycles. The monoisotopic (exact) mass is 425 g/mol. The van der Waals surface area contributed by atoms with Crippen molar-refractivity contribution in [3.05, 3.63) is 58.9 Å². The first-order valence-electron chi connectivity index (χ1n) is 9.42. The summed E-state index contributed by atoms with van der Waals surface area (Å²) in [5.41, 5.74) is -2.47. The fraction of sp³-hybridized carbons (Fsp3) is 0.350. The molecule has 1 amide bonds. The quantitative estimate of drug-likeness (QED) is 0.524. The lowest BCUT2D eigenvalue weighted by Gasteiger charge is -2.40. The minimum Gasteiger partial charge on any atom is -0.423 e. The molecule has 4 nitrogen and oxygen atoms in total. The summed E-state index contributed by atoms with van der Waals surface area (Å²) < 4.78 is 70.3. The second kappa shape index (κ2) is 7.06. The highest BCUT2D eigenvalue weighted by atomic mass is 19.3. The van der Waals surface area contributed by atoms with E-state index >= 15 is 0 Å². The summed E-state index contributed by atoms with van der Waals surface area (Å²) >= 11 is 0. The number of benzene rings is 2. The highest BCUT2D eigenvalue weighted by Crippen LogP contribution is 2.54. The van der Waals surface area contributed by atoms with Crippen molar-refractivity contribution in [3.8, 4) is 0 Å². The molecule has 4 rings (SSSR count). The van der Waals surface area contributed by atoms with Crippen LogP contribution in [0.5, 0.6) is 0 Å². The van der Waals surface area contributed by atoms with Crippen molar-refractivity contribution in [1.82, 2.24) is 0 Å². The number of fused-ring (bicyclic) bond motifs is 1. The molecule has 0 spiro atoms. The van der Waals surface area contributed by atoms with Gasteiger partial charge in [-0.1, -0.05) is 18.2 Å². The van der Waals surface area contributed by atoms with Gasteiger partial charge in [0.2, 0.25) is 11.8 Å². The molecule has 1 heterocycles. The Balaban J connectivity index is 1.94. The highest BCUT2D eigenvalue weighted by molar-refractivity contribution is 6.58. The SMILES string of the molecule is O=C1Nc2c(ccc(F)c2F)C1(c1ccc(B(O)O)c(F)c1)C1CCC(F)(F)CC1. The number of alkyl halides is 2. The largest absolute Gasteiger partial charge is 0.491 e. The van der Waals surface area contributed by atoms with Crippen LogP contribution < -0.4 is 10.8 Å². The number of carbonyl (C=O) groups is 1. The number of hydrogen-bond donors (Lipinski definition) is 3. The summed E-state index contributed by atoms with van der Waals surface area (Å²) in [5.74, 6) is -7.90. The molecule has 0 saturated heterocycles. The van der Waals surface area contributed by atoms with Crippen molar-refractivity contribution in [2.45, 2.75) is 37.0 Å². The molecule has 1 aliphatic carbocycles. The summed E-state index contributed by atoms with van der Waals surface area (Å²) in [6, 6.07) is 5.30. The molecule has 1 fully saturated rings. The van der Waals surface area contributed by atoms with Crippen LogP contribution in [-0.2, 0) is 10.2 Å². The van der Waals surface area contributed by atoms with E-state index in [1.54, 1.807) is 0 Å². The van der Waals surface area contributed by atoms with Gasteiger partial charge in [-0.3, -0.25) is 4.79 Å². The molecule has 158 valence electrons. The molecule has 0 bridgehead atoms. The van der Waals surface area contributed by atoms with Gasteiger partial charge < -0.3 is 15.4 Å². The number of anilines is 1. The van der Waals surface area contributed by atoms with Gasteiger partial charge in [0.25, 0.3) is 0 Å².